The average molecular weight is 619 g/mol. The lowest BCUT2D eigenvalue weighted by Gasteiger charge is -2.34. The maximum Gasteiger partial charge on any atom is 0.264 e. The summed E-state index contributed by atoms with van der Waals surface area (Å²) in [7, 11) is -4.14. The smallest absolute Gasteiger partial charge is 0.264 e. The number of rotatable bonds is 12. The van der Waals surface area contributed by atoms with Crippen molar-refractivity contribution in [3.63, 3.8) is 0 Å². The molecule has 1 atom stereocenters. The van der Waals surface area contributed by atoms with Crippen LogP contribution < -0.4 is 9.62 Å². The van der Waals surface area contributed by atoms with E-state index in [0.717, 1.165) is 9.87 Å². The number of hydrogen-bond acceptors (Lipinski definition) is 4. The van der Waals surface area contributed by atoms with Gasteiger partial charge in [-0.1, -0.05) is 80.4 Å². The fourth-order valence-corrected chi connectivity index (χ4v) is 6.36. The van der Waals surface area contributed by atoms with Crippen LogP contribution in [-0.4, -0.2) is 44.3 Å². The standard InChI is InChI=1S/C31H37Cl2N3O4S/c1-6-28(31(38)34-18-21(2)3)35(19-24-14-15-25(32)17-27(24)33)30(37)20-36(29-16-22(4)12-13-23(29)5)41(39,40)26-10-8-7-9-11-26/h7-17,21,28H,6,18-20H2,1-5H3,(H,34,38)/t28-/m1/s1. The molecule has 0 fully saturated rings. The highest BCUT2D eigenvalue weighted by Crippen LogP contribution is 2.29. The Morgan fingerprint density at radius 1 is 0.951 bits per heavy atom. The van der Waals surface area contributed by atoms with Crippen molar-refractivity contribution < 1.29 is 18.0 Å². The number of sulfonamides is 1. The fraction of sp³-hybridized carbons (Fsp3) is 0.355. The van der Waals surface area contributed by atoms with Gasteiger partial charge in [-0.2, -0.15) is 0 Å². The lowest BCUT2D eigenvalue weighted by molar-refractivity contribution is -0.140. The zero-order valence-corrected chi connectivity index (χ0v) is 26.4. The Balaban J connectivity index is 2.10. The van der Waals surface area contributed by atoms with Gasteiger partial charge in [0, 0.05) is 23.1 Å². The molecule has 10 heteroatoms. The summed E-state index contributed by atoms with van der Waals surface area (Å²) in [4.78, 5) is 29.0. The molecule has 1 N–H and O–H groups in total. The van der Waals surface area contributed by atoms with Crippen molar-refractivity contribution >= 4 is 50.7 Å². The van der Waals surface area contributed by atoms with Gasteiger partial charge in [0.25, 0.3) is 10.0 Å². The van der Waals surface area contributed by atoms with E-state index in [-0.39, 0.29) is 23.3 Å². The van der Waals surface area contributed by atoms with E-state index in [1.54, 1.807) is 49.4 Å². The molecule has 0 aliphatic rings. The van der Waals surface area contributed by atoms with Crippen LogP contribution in [0.2, 0.25) is 10.0 Å². The first-order valence-electron chi connectivity index (χ1n) is 13.5. The van der Waals surface area contributed by atoms with Gasteiger partial charge in [-0.15, -0.1) is 0 Å². The maximum absolute atomic E-state index is 14.2. The van der Waals surface area contributed by atoms with Crippen LogP contribution in [0.5, 0.6) is 0 Å². The molecular formula is C31H37Cl2N3O4S. The van der Waals surface area contributed by atoms with Gasteiger partial charge >= 0.3 is 0 Å². The van der Waals surface area contributed by atoms with Gasteiger partial charge in [0.2, 0.25) is 11.8 Å². The number of nitrogens with one attached hydrogen (secondary N) is 1. The van der Waals surface area contributed by atoms with Gasteiger partial charge in [-0.05, 0) is 73.2 Å². The highest BCUT2D eigenvalue weighted by molar-refractivity contribution is 7.92. The summed E-state index contributed by atoms with van der Waals surface area (Å²) in [5, 5.41) is 3.70. The number of benzene rings is 3. The molecule has 220 valence electrons. The largest absolute Gasteiger partial charge is 0.354 e. The van der Waals surface area contributed by atoms with Crippen molar-refractivity contribution in [3.05, 3.63) is 93.5 Å². The van der Waals surface area contributed by atoms with E-state index in [9.17, 15) is 18.0 Å². The van der Waals surface area contributed by atoms with Gasteiger partial charge in [0.05, 0.1) is 10.6 Å². The molecular weight excluding hydrogens is 581 g/mol. The van der Waals surface area contributed by atoms with Crippen LogP contribution in [0.1, 0.15) is 43.9 Å². The molecule has 3 rings (SSSR count). The third-order valence-corrected chi connectivity index (χ3v) is 9.03. The molecule has 0 aliphatic heterocycles. The minimum Gasteiger partial charge on any atom is -0.354 e. The van der Waals surface area contributed by atoms with Crippen LogP contribution >= 0.6 is 23.2 Å². The molecule has 0 spiro atoms. The summed E-state index contributed by atoms with van der Waals surface area (Å²) in [6.07, 6.45) is 0.315. The predicted octanol–water partition coefficient (Wildman–Crippen LogP) is 6.39. The van der Waals surface area contributed by atoms with Crippen LogP contribution in [0.15, 0.2) is 71.6 Å². The molecule has 0 saturated heterocycles. The number of carbonyl (C=O) groups is 2. The first kappa shape index (κ1) is 32.4. The van der Waals surface area contributed by atoms with E-state index in [2.05, 4.69) is 5.32 Å². The number of carbonyl (C=O) groups excluding carboxylic acids is 2. The third kappa shape index (κ3) is 8.24. The Hall–Kier alpha value is -3.07. The molecule has 3 aromatic carbocycles. The Morgan fingerprint density at radius 3 is 2.24 bits per heavy atom. The summed E-state index contributed by atoms with van der Waals surface area (Å²) in [6, 6.07) is 17.5. The van der Waals surface area contributed by atoms with Crippen molar-refractivity contribution in [2.45, 2.75) is 58.5 Å². The van der Waals surface area contributed by atoms with E-state index < -0.39 is 28.5 Å². The minimum absolute atomic E-state index is 0.00549. The van der Waals surface area contributed by atoms with Gasteiger partial charge in [0.1, 0.15) is 12.6 Å². The van der Waals surface area contributed by atoms with Crippen molar-refractivity contribution in [1.82, 2.24) is 10.2 Å². The van der Waals surface area contributed by atoms with E-state index >= 15 is 0 Å². The normalized spacial score (nSPS) is 12.2. The van der Waals surface area contributed by atoms with Crippen LogP contribution in [0, 0.1) is 19.8 Å². The second-order valence-corrected chi connectivity index (χ2v) is 13.1. The lowest BCUT2D eigenvalue weighted by atomic mass is 10.1. The molecule has 0 bridgehead atoms. The second kappa shape index (κ2) is 14.2. The third-order valence-electron chi connectivity index (χ3n) is 6.67. The lowest BCUT2D eigenvalue weighted by Crippen LogP contribution is -2.52. The number of amides is 2. The van der Waals surface area contributed by atoms with E-state index in [4.69, 9.17) is 23.2 Å². The molecule has 41 heavy (non-hydrogen) atoms. The topological polar surface area (TPSA) is 86.8 Å². The highest BCUT2D eigenvalue weighted by atomic mass is 35.5. The summed E-state index contributed by atoms with van der Waals surface area (Å²) < 4.78 is 29.1. The minimum atomic E-state index is -4.14. The molecule has 0 radical (unpaired) electrons. The molecule has 7 nitrogen and oxygen atoms in total. The summed E-state index contributed by atoms with van der Waals surface area (Å²) in [5.41, 5.74) is 2.51. The summed E-state index contributed by atoms with van der Waals surface area (Å²) in [5.74, 6) is -0.645. The van der Waals surface area contributed by atoms with E-state index in [0.29, 0.717) is 39.8 Å². The molecule has 0 unspecified atom stereocenters. The van der Waals surface area contributed by atoms with Crippen molar-refractivity contribution in [3.8, 4) is 0 Å². The first-order valence-corrected chi connectivity index (χ1v) is 15.7. The molecule has 0 aromatic heterocycles. The fourth-order valence-electron chi connectivity index (χ4n) is 4.40. The molecule has 0 saturated carbocycles. The van der Waals surface area contributed by atoms with Crippen LogP contribution in [0.4, 0.5) is 5.69 Å². The second-order valence-electron chi connectivity index (χ2n) is 10.4. The maximum atomic E-state index is 14.2. The zero-order chi connectivity index (χ0) is 30.3. The molecule has 0 aliphatic carbocycles. The van der Waals surface area contributed by atoms with Gasteiger partial charge in [-0.25, -0.2) is 8.42 Å². The van der Waals surface area contributed by atoms with Gasteiger partial charge in [0.15, 0.2) is 0 Å². The van der Waals surface area contributed by atoms with E-state index in [1.165, 1.54) is 17.0 Å². The van der Waals surface area contributed by atoms with Crippen molar-refractivity contribution in [1.29, 1.82) is 0 Å². The summed E-state index contributed by atoms with van der Waals surface area (Å²) >= 11 is 12.6. The number of aryl methyl sites for hydroxylation is 2. The monoisotopic (exact) mass is 617 g/mol. The van der Waals surface area contributed by atoms with Crippen LogP contribution in [0.25, 0.3) is 0 Å². The Labute approximate surface area is 253 Å². The number of hydrogen-bond donors (Lipinski definition) is 1. The van der Waals surface area contributed by atoms with Crippen molar-refractivity contribution in [2.75, 3.05) is 17.4 Å². The summed E-state index contributed by atoms with van der Waals surface area (Å²) in [6.45, 7) is 9.35. The van der Waals surface area contributed by atoms with Gasteiger partial charge in [-0.3, -0.25) is 13.9 Å². The van der Waals surface area contributed by atoms with E-state index in [1.807, 2.05) is 39.8 Å². The first-order chi connectivity index (χ1) is 19.3. The highest BCUT2D eigenvalue weighted by Gasteiger charge is 2.34. The van der Waals surface area contributed by atoms with Crippen LogP contribution in [0.3, 0.4) is 0 Å². The predicted molar refractivity (Wildman–Crippen MR) is 166 cm³/mol. The Bertz CT molecular complexity index is 1480. The molecule has 3 aromatic rings. The van der Waals surface area contributed by atoms with Crippen molar-refractivity contribution in [2.24, 2.45) is 5.92 Å². The van der Waals surface area contributed by atoms with Crippen LogP contribution in [-0.2, 0) is 26.2 Å². The quantitative estimate of drug-likeness (QED) is 0.255. The number of halogens is 2. The SMILES string of the molecule is CC[C@H](C(=O)NCC(C)C)N(Cc1ccc(Cl)cc1Cl)C(=O)CN(c1cc(C)ccc1C)S(=O)(=O)c1ccccc1. The molecule has 0 heterocycles. The Morgan fingerprint density at radius 2 is 1.63 bits per heavy atom. The van der Waals surface area contributed by atoms with Gasteiger partial charge < -0.3 is 10.2 Å². The number of anilines is 1. The zero-order valence-electron chi connectivity index (χ0n) is 24.0. The molecule has 2 amide bonds. The number of nitrogens with zero attached hydrogens (tertiary/aromatic N) is 2. The average Bonchev–Trinajstić information content (AvgIpc) is 2.93. The Kier molecular flexibility index (Phi) is 11.2.